The predicted molar refractivity (Wildman–Crippen MR) is 136 cm³/mol. The first kappa shape index (κ1) is 25.4. The Morgan fingerprint density at radius 2 is 1.78 bits per heavy atom. The van der Waals surface area contributed by atoms with Gasteiger partial charge in [0, 0.05) is 10.6 Å². The molecule has 36 heavy (non-hydrogen) atoms. The minimum atomic E-state index is -0.406. The van der Waals surface area contributed by atoms with Crippen LogP contribution in [-0.4, -0.2) is 36.7 Å². The van der Waals surface area contributed by atoms with E-state index in [4.69, 9.17) is 30.5 Å². The van der Waals surface area contributed by atoms with E-state index in [0.29, 0.717) is 34.4 Å². The van der Waals surface area contributed by atoms with Crippen LogP contribution in [0, 0.1) is 0 Å². The van der Waals surface area contributed by atoms with Crippen molar-refractivity contribution in [1.29, 1.82) is 0 Å². The maximum Gasteiger partial charge on any atom is 0.411 e. The third-order valence-corrected chi connectivity index (χ3v) is 6.22. The molecule has 0 unspecified atom stereocenters. The monoisotopic (exact) mass is 509 g/mol. The van der Waals surface area contributed by atoms with Crippen LogP contribution in [0.4, 0.5) is 4.79 Å². The summed E-state index contributed by atoms with van der Waals surface area (Å²) < 4.78 is 22.5. The number of methoxy groups -OCH3 is 1. The molecule has 188 valence electrons. The number of rotatable bonds is 9. The number of halogens is 1. The lowest BCUT2D eigenvalue weighted by Crippen LogP contribution is -2.31. The predicted octanol–water partition coefficient (Wildman–Crippen LogP) is 6.33. The number of benzene rings is 3. The Balaban J connectivity index is 1.59. The number of hydrogen-bond acceptors (Lipinski definition) is 6. The zero-order valence-corrected chi connectivity index (χ0v) is 21.2. The highest BCUT2D eigenvalue weighted by Crippen LogP contribution is 2.38. The molecule has 3 aromatic carbocycles. The lowest BCUT2D eigenvalue weighted by molar-refractivity contribution is -0.142. The summed E-state index contributed by atoms with van der Waals surface area (Å²) in [6.07, 6.45) is -0.669. The molecular weight excluding hydrogens is 482 g/mol. The molecule has 0 spiro atoms. The molecule has 0 radical (unpaired) electrons. The van der Waals surface area contributed by atoms with Crippen molar-refractivity contribution in [2.45, 2.75) is 39.0 Å². The molecule has 2 atom stereocenters. The maximum atomic E-state index is 12.8. The zero-order valence-electron chi connectivity index (χ0n) is 20.4. The maximum absolute atomic E-state index is 12.8. The van der Waals surface area contributed by atoms with Gasteiger partial charge in [-0.25, -0.2) is 4.79 Å². The number of esters is 1. The fourth-order valence-corrected chi connectivity index (χ4v) is 4.36. The second-order valence-corrected chi connectivity index (χ2v) is 8.84. The van der Waals surface area contributed by atoms with Crippen molar-refractivity contribution >= 4 is 23.7 Å². The van der Waals surface area contributed by atoms with Crippen LogP contribution in [0.3, 0.4) is 0 Å². The summed E-state index contributed by atoms with van der Waals surface area (Å²) in [7, 11) is 1.54. The second-order valence-electron chi connectivity index (χ2n) is 8.40. The lowest BCUT2D eigenvalue weighted by Gasteiger charge is -2.22. The van der Waals surface area contributed by atoms with Gasteiger partial charge in [0.2, 0.25) is 0 Å². The van der Waals surface area contributed by atoms with Gasteiger partial charge in [0.15, 0.2) is 11.5 Å². The minimum absolute atomic E-state index is 0.111. The molecule has 1 saturated heterocycles. The molecule has 0 aliphatic carbocycles. The van der Waals surface area contributed by atoms with Crippen LogP contribution in [0.1, 0.15) is 36.6 Å². The molecule has 0 aromatic heterocycles. The van der Waals surface area contributed by atoms with Gasteiger partial charge in [-0.1, -0.05) is 48.0 Å². The van der Waals surface area contributed by atoms with E-state index in [1.54, 1.807) is 55.3 Å². The number of hydrogen-bond donors (Lipinski definition) is 0. The van der Waals surface area contributed by atoms with Gasteiger partial charge in [-0.05, 0) is 55.3 Å². The molecule has 0 saturated carbocycles. The third-order valence-electron chi connectivity index (χ3n) is 5.99. The van der Waals surface area contributed by atoms with Gasteiger partial charge in [-0.15, -0.1) is 0 Å². The van der Waals surface area contributed by atoms with Crippen LogP contribution in [0.15, 0.2) is 66.7 Å². The standard InChI is InChI=1S/C28H28ClNO6/c1-4-34-26(31)15-19-10-12-24(33-3)25(14-19)35-23-13-11-22(29)16-21(23)17-30-18(2)27(36-28(30)32)20-8-6-5-7-9-20/h5-14,16,18,27H,4,15,17H2,1-3H3/t18-,27-/m0/s1. The van der Waals surface area contributed by atoms with Gasteiger partial charge in [0.1, 0.15) is 11.9 Å². The molecule has 0 bridgehead atoms. The van der Waals surface area contributed by atoms with Crippen molar-refractivity contribution in [3.8, 4) is 17.2 Å². The number of cyclic esters (lactones) is 1. The number of carbonyl (C=O) groups excluding carboxylic acids is 2. The van der Waals surface area contributed by atoms with Crippen LogP contribution in [0.25, 0.3) is 0 Å². The highest BCUT2D eigenvalue weighted by molar-refractivity contribution is 6.30. The molecule has 8 heteroatoms. The molecule has 3 aromatic rings. The Bertz CT molecular complexity index is 1230. The van der Waals surface area contributed by atoms with Gasteiger partial charge >= 0.3 is 12.1 Å². The zero-order chi connectivity index (χ0) is 25.7. The van der Waals surface area contributed by atoms with Gasteiger partial charge in [-0.3, -0.25) is 9.69 Å². The van der Waals surface area contributed by atoms with E-state index < -0.39 is 6.09 Å². The first-order valence-corrected chi connectivity index (χ1v) is 12.1. The third kappa shape index (κ3) is 5.74. The lowest BCUT2D eigenvalue weighted by atomic mass is 10.0. The smallest absolute Gasteiger partial charge is 0.411 e. The highest BCUT2D eigenvalue weighted by atomic mass is 35.5. The molecule has 7 nitrogen and oxygen atoms in total. The molecule has 1 fully saturated rings. The Morgan fingerprint density at radius 3 is 2.50 bits per heavy atom. The average Bonchev–Trinajstić information content (AvgIpc) is 3.15. The van der Waals surface area contributed by atoms with Gasteiger partial charge < -0.3 is 18.9 Å². The van der Waals surface area contributed by atoms with E-state index in [0.717, 1.165) is 11.1 Å². The van der Waals surface area contributed by atoms with Gasteiger partial charge in [-0.2, -0.15) is 0 Å². The molecule has 1 amide bonds. The highest BCUT2D eigenvalue weighted by Gasteiger charge is 2.39. The van der Waals surface area contributed by atoms with Gasteiger partial charge in [0.25, 0.3) is 0 Å². The molecule has 1 aliphatic heterocycles. The summed E-state index contributed by atoms with van der Waals surface area (Å²) in [4.78, 5) is 26.4. The van der Waals surface area contributed by atoms with Crippen LogP contribution < -0.4 is 9.47 Å². The van der Waals surface area contributed by atoms with E-state index in [9.17, 15) is 9.59 Å². The summed E-state index contributed by atoms with van der Waals surface area (Å²) in [5.74, 6) is 1.12. The minimum Gasteiger partial charge on any atom is -0.493 e. The number of amides is 1. The van der Waals surface area contributed by atoms with Crippen molar-refractivity contribution in [1.82, 2.24) is 4.90 Å². The van der Waals surface area contributed by atoms with Crippen LogP contribution in [0.2, 0.25) is 5.02 Å². The van der Waals surface area contributed by atoms with Crippen LogP contribution >= 0.6 is 11.6 Å². The van der Waals surface area contributed by atoms with E-state index in [-0.39, 0.29) is 31.1 Å². The second kappa shape index (κ2) is 11.4. The van der Waals surface area contributed by atoms with E-state index in [2.05, 4.69) is 0 Å². The SMILES string of the molecule is CCOC(=O)Cc1ccc(OC)c(Oc2ccc(Cl)cc2CN2C(=O)O[C@H](c3ccccc3)[C@@H]2C)c1. The summed E-state index contributed by atoms with van der Waals surface area (Å²) in [6, 6.07) is 20.0. The Labute approximate surface area is 215 Å². The van der Waals surface area contributed by atoms with E-state index >= 15 is 0 Å². The summed E-state index contributed by atoms with van der Waals surface area (Å²) in [5.41, 5.74) is 2.37. The Hall–Kier alpha value is -3.71. The van der Waals surface area contributed by atoms with Crippen molar-refractivity contribution in [3.05, 3.63) is 88.4 Å². The van der Waals surface area contributed by atoms with E-state index in [1.165, 1.54) is 0 Å². The van der Waals surface area contributed by atoms with E-state index in [1.807, 2.05) is 37.3 Å². The van der Waals surface area contributed by atoms with Crippen molar-refractivity contribution < 1.29 is 28.5 Å². The molecule has 1 aliphatic rings. The largest absolute Gasteiger partial charge is 0.493 e. The molecule has 4 rings (SSSR count). The average molecular weight is 510 g/mol. The summed E-state index contributed by atoms with van der Waals surface area (Å²) in [6.45, 7) is 4.27. The number of nitrogens with zero attached hydrogens (tertiary/aromatic N) is 1. The topological polar surface area (TPSA) is 74.3 Å². The summed E-state index contributed by atoms with van der Waals surface area (Å²) >= 11 is 6.31. The van der Waals surface area contributed by atoms with Crippen molar-refractivity contribution in [2.75, 3.05) is 13.7 Å². The first-order valence-electron chi connectivity index (χ1n) is 11.7. The fraction of sp³-hybridized carbons (Fsp3) is 0.286. The quantitative estimate of drug-likeness (QED) is 0.314. The summed E-state index contributed by atoms with van der Waals surface area (Å²) in [5, 5.41) is 0.514. The van der Waals surface area contributed by atoms with Gasteiger partial charge in [0.05, 0.1) is 32.7 Å². The van der Waals surface area contributed by atoms with Crippen LogP contribution in [0.5, 0.6) is 17.2 Å². The first-order chi connectivity index (χ1) is 17.4. The Kier molecular flexibility index (Phi) is 8.00. The number of ether oxygens (including phenoxy) is 4. The normalized spacial score (nSPS) is 17.0. The molecule has 1 heterocycles. The number of carbonyl (C=O) groups is 2. The molecular formula is C28H28ClNO6. The van der Waals surface area contributed by atoms with Crippen LogP contribution in [-0.2, 0) is 27.2 Å². The van der Waals surface area contributed by atoms with Crippen molar-refractivity contribution in [2.24, 2.45) is 0 Å². The molecule has 0 N–H and O–H groups in total. The Morgan fingerprint density at radius 1 is 1.03 bits per heavy atom. The fourth-order valence-electron chi connectivity index (χ4n) is 4.16. The van der Waals surface area contributed by atoms with Crippen molar-refractivity contribution in [3.63, 3.8) is 0 Å².